The number of ether oxygens (including phenoxy) is 2. The molecule has 0 fully saturated rings. The van der Waals surface area contributed by atoms with Gasteiger partial charge in [0, 0.05) is 0 Å². The van der Waals surface area contributed by atoms with Crippen LogP contribution < -0.4 is 84.5 Å². The van der Waals surface area contributed by atoms with Crippen molar-refractivity contribution in [1.29, 1.82) is 0 Å². The first-order valence-electron chi connectivity index (χ1n) is 11.0. The van der Waals surface area contributed by atoms with Crippen LogP contribution in [-0.2, 0) is 17.9 Å². The second-order valence-electron chi connectivity index (χ2n) is 8.19. The molecule has 0 bridgehead atoms. The van der Waals surface area contributed by atoms with E-state index in [1.807, 2.05) is 25.1 Å². The summed E-state index contributed by atoms with van der Waals surface area (Å²) >= 11 is 0. The third-order valence-electron chi connectivity index (χ3n) is 5.65. The quantitative estimate of drug-likeness (QED) is 0.195. The van der Waals surface area contributed by atoms with Crippen molar-refractivity contribution < 1.29 is 96.9 Å². The Kier molecular flexibility index (Phi) is 11.3. The molecule has 0 aliphatic carbocycles. The zero-order valence-electron chi connectivity index (χ0n) is 21.7. The Morgan fingerprint density at radius 3 is 2.28 bits per heavy atom. The SMILES string of the molecule is Cc1cc(OC(F)(F)C(=O)[O-])ccc1-c1cccc(COc2ccc(Cn3oc([O-])nc3=O)cc2)c1C.[Na+].[Na+]. The Morgan fingerprint density at radius 2 is 1.69 bits per heavy atom. The Morgan fingerprint density at radius 1 is 1.03 bits per heavy atom. The molecular weight excluding hydrogens is 536 g/mol. The van der Waals surface area contributed by atoms with Crippen molar-refractivity contribution in [3.05, 3.63) is 93.4 Å². The molecule has 13 heteroatoms. The number of rotatable bonds is 9. The van der Waals surface area contributed by atoms with Crippen LogP contribution in [0.2, 0.25) is 0 Å². The van der Waals surface area contributed by atoms with Crippen LogP contribution in [0.1, 0.15) is 22.3 Å². The molecule has 0 amide bonds. The number of alkyl halides is 2. The maximum atomic E-state index is 13.3. The maximum Gasteiger partial charge on any atom is 1.00 e. The Bertz CT molecular complexity index is 1510. The Labute approximate surface area is 265 Å². The number of halogens is 2. The van der Waals surface area contributed by atoms with E-state index in [-0.39, 0.29) is 78.0 Å². The zero-order chi connectivity index (χ0) is 26.7. The third kappa shape index (κ3) is 7.93. The van der Waals surface area contributed by atoms with Crippen molar-refractivity contribution in [2.24, 2.45) is 0 Å². The minimum atomic E-state index is -4.44. The molecule has 0 unspecified atom stereocenters. The smallest absolute Gasteiger partial charge is 0.541 e. The molecule has 0 saturated heterocycles. The van der Waals surface area contributed by atoms with E-state index >= 15 is 0 Å². The van der Waals surface area contributed by atoms with Gasteiger partial charge in [-0.25, -0.2) is 9.53 Å². The van der Waals surface area contributed by atoms with Crippen molar-refractivity contribution in [3.8, 4) is 28.7 Å². The van der Waals surface area contributed by atoms with Gasteiger partial charge in [-0.1, -0.05) is 36.4 Å². The summed E-state index contributed by atoms with van der Waals surface area (Å²) in [5, 5.41) is 21.6. The first kappa shape index (κ1) is 32.5. The second kappa shape index (κ2) is 13.6. The Hall–Kier alpha value is -2.67. The van der Waals surface area contributed by atoms with Gasteiger partial charge in [-0.3, -0.25) is 0 Å². The fourth-order valence-electron chi connectivity index (χ4n) is 3.73. The standard InChI is InChI=1S/C26H22F2N2O7.2Na/c1-15-12-20(36-26(27,28)23(31)32)10-11-21(15)22-5-3-4-18(16(22)2)14-35-19-8-6-17(7-9-19)13-30-24(33)29-25(34)37-30;;/h3-12H,13-14H2,1-2H3,(H,31,32)(H,29,33,34);;/q;2*+1/p-2. The summed E-state index contributed by atoms with van der Waals surface area (Å²) in [6, 6.07) is 16.7. The number of carbonyl (C=O) groups excluding carboxylic acids is 1. The van der Waals surface area contributed by atoms with E-state index in [2.05, 4.69) is 9.72 Å². The fraction of sp³-hybridized carbons (Fsp3) is 0.192. The van der Waals surface area contributed by atoms with Crippen LogP contribution in [0.4, 0.5) is 8.78 Å². The number of carbonyl (C=O) groups is 1. The van der Waals surface area contributed by atoms with Gasteiger partial charge in [0.1, 0.15) is 18.1 Å². The molecule has 0 aliphatic rings. The van der Waals surface area contributed by atoms with Gasteiger partial charge in [0.25, 0.3) is 0 Å². The number of aryl methyl sites for hydroxylation is 1. The summed E-state index contributed by atoms with van der Waals surface area (Å²) in [6.07, 6.45) is -5.38. The number of aromatic nitrogens is 2. The molecule has 0 aliphatic heterocycles. The number of benzene rings is 3. The van der Waals surface area contributed by atoms with Crippen LogP contribution in [0.3, 0.4) is 0 Å². The predicted molar refractivity (Wildman–Crippen MR) is 122 cm³/mol. The Balaban J connectivity index is 0.00000267. The zero-order valence-corrected chi connectivity index (χ0v) is 25.7. The normalized spacial score (nSPS) is 10.8. The minimum Gasteiger partial charge on any atom is -0.541 e. The van der Waals surface area contributed by atoms with Crippen LogP contribution in [0, 0.1) is 13.8 Å². The predicted octanol–water partition coefficient (Wildman–Crippen LogP) is -3.45. The summed E-state index contributed by atoms with van der Waals surface area (Å²) in [6.45, 7) is 3.92. The van der Waals surface area contributed by atoms with E-state index in [1.54, 1.807) is 37.3 Å². The molecule has 3 aromatic carbocycles. The van der Waals surface area contributed by atoms with E-state index in [4.69, 9.17) is 9.26 Å². The van der Waals surface area contributed by atoms with E-state index in [1.165, 1.54) is 12.1 Å². The van der Waals surface area contributed by atoms with E-state index < -0.39 is 23.8 Å². The van der Waals surface area contributed by atoms with Gasteiger partial charge in [-0.15, -0.1) is 0 Å². The molecule has 192 valence electrons. The van der Waals surface area contributed by atoms with Crippen molar-refractivity contribution in [2.45, 2.75) is 33.1 Å². The van der Waals surface area contributed by atoms with Crippen LogP contribution in [-0.4, -0.2) is 21.8 Å². The summed E-state index contributed by atoms with van der Waals surface area (Å²) in [5.41, 5.74) is 3.98. The van der Waals surface area contributed by atoms with Gasteiger partial charge in [-0.2, -0.15) is 13.8 Å². The topological polar surface area (TPSA) is 130 Å². The fourth-order valence-corrected chi connectivity index (χ4v) is 3.73. The van der Waals surface area contributed by atoms with Crippen molar-refractivity contribution in [1.82, 2.24) is 9.72 Å². The van der Waals surface area contributed by atoms with Crippen molar-refractivity contribution in [2.75, 3.05) is 0 Å². The van der Waals surface area contributed by atoms with Gasteiger partial charge in [0.2, 0.25) is 0 Å². The van der Waals surface area contributed by atoms with Gasteiger partial charge in [0.05, 0.1) is 6.54 Å². The third-order valence-corrected chi connectivity index (χ3v) is 5.65. The molecule has 0 saturated carbocycles. The average Bonchev–Trinajstić information content (AvgIpc) is 3.15. The number of hydrogen-bond donors (Lipinski definition) is 0. The minimum absolute atomic E-state index is 0. The van der Waals surface area contributed by atoms with Crippen LogP contribution in [0.5, 0.6) is 17.6 Å². The molecule has 39 heavy (non-hydrogen) atoms. The summed E-state index contributed by atoms with van der Waals surface area (Å²) in [7, 11) is 0. The van der Waals surface area contributed by atoms with Crippen molar-refractivity contribution >= 4 is 5.97 Å². The van der Waals surface area contributed by atoms with E-state index in [0.29, 0.717) is 16.9 Å². The van der Waals surface area contributed by atoms with Crippen LogP contribution in [0.25, 0.3) is 11.1 Å². The molecule has 1 aromatic heterocycles. The molecule has 9 nitrogen and oxygen atoms in total. The average molecular weight is 556 g/mol. The second-order valence-corrected chi connectivity index (χ2v) is 8.19. The molecule has 0 radical (unpaired) electrons. The van der Waals surface area contributed by atoms with E-state index in [0.717, 1.165) is 27.0 Å². The summed E-state index contributed by atoms with van der Waals surface area (Å²) < 4.78 is 42.4. The number of nitrogens with zero attached hydrogens (tertiary/aromatic N) is 2. The molecule has 4 rings (SSSR count). The molecule has 4 aromatic rings. The number of carboxylic acids is 1. The molecular formula is C26H20F2N2Na2O7. The van der Waals surface area contributed by atoms with Gasteiger partial charge in [-0.05, 0) is 71.5 Å². The largest absolute Gasteiger partial charge is 1.00 e. The maximum absolute atomic E-state index is 13.3. The molecule has 1 heterocycles. The van der Waals surface area contributed by atoms with Crippen LogP contribution in [0.15, 0.2) is 70.0 Å². The monoisotopic (exact) mass is 556 g/mol. The van der Waals surface area contributed by atoms with Gasteiger partial charge in [0.15, 0.2) is 12.0 Å². The first-order valence-corrected chi connectivity index (χ1v) is 11.0. The summed E-state index contributed by atoms with van der Waals surface area (Å²) in [4.78, 5) is 25.2. The summed E-state index contributed by atoms with van der Waals surface area (Å²) in [5.74, 6) is -2.33. The first-order chi connectivity index (χ1) is 17.5. The number of aliphatic carboxylic acids is 1. The van der Waals surface area contributed by atoms with E-state index in [9.17, 15) is 28.6 Å². The number of hydrogen-bond acceptors (Lipinski definition) is 8. The van der Waals surface area contributed by atoms with Crippen molar-refractivity contribution in [3.63, 3.8) is 0 Å². The molecule has 0 atom stereocenters. The van der Waals surface area contributed by atoms with Crippen LogP contribution >= 0.6 is 0 Å². The molecule has 0 spiro atoms. The van der Waals surface area contributed by atoms with Gasteiger partial charge < -0.3 is 29.0 Å². The molecule has 0 N–H and O–H groups in total. The number of carboxylic acid groups (broad SMARTS) is 1. The van der Waals surface area contributed by atoms with Gasteiger partial charge >= 0.3 is 70.9 Å².